The number of benzene rings is 3. The second kappa shape index (κ2) is 12.3. The summed E-state index contributed by atoms with van der Waals surface area (Å²) in [5, 5.41) is 28.6. The summed E-state index contributed by atoms with van der Waals surface area (Å²) in [7, 11) is -2.76. The van der Waals surface area contributed by atoms with Crippen molar-refractivity contribution in [2.24, 2.45) is 0 Å². The van der Waals surface area contributed by atoms with Gasteiger partial charge in [-0.15, -0.1) is 0 Å². The molecule has 208 valence electrons. The van der Waals surface area contributed by atoms with Crippen LogP contribution in [0.2, 0.25) is 0 Å². The maximum absolute atomic E-state index is 13.6. The molecule has 1 aliphatic rings. The summed E-state index contributed by atoms with van der Waals surface area (Å²) >= 11 is 0. The predicted octanol–water partition coefficient (Wildman–Crippen LogP) is 4.86. The number of carboxylic acid groups (broad SMARTS) is 1. The Bertz CT molecular complexity index is 1520. The summed E-state index contributed by atoms with van der Waals surface area (Å²) in [6.45, 7) is -0.426. The Balaban J connectivity index is 1.60. The van der Waals surface area contributed by atoms with Crippen molar-refractivity contribution in [2.45, 2.75) is 49.5 Å². The SMILES string of the molecule is CN(CC(=O)N(Cc1ccc(C2CCCCC2)cc1)c1ccc(C(=O)O)c(O)c1)S(=O)(=O)c1ccc(C#N)cc1. The molecule has 2 N–H and O–H groups in total. The van der Waals surface area contributed by atoms with Crippen LogP contribution in [0, 0.1) is 11.3 Å². The molecular formula is C30H31N3O6S. The van der Waals surface area contributed by atoms with Crippen LogP contribution >= 0.6 is 0 Å². The number of phenols is 1. The van der Waals surface area contributed by atoms with E-state index in [0.29, 0.717) is 11.5 Å². The number of nitriles is 1. The van der Waals surface area contributed by atoms with E-state index in [9.17, 15) is 28.2 Å². The van der Waals surface area contributed by atoms with Crippen LogP contribution in [0.1, 0.15) is 65.1 Å². The van der Waals surface area contributed by atoms with E-state index < -0.39 is 34.2 Å². The molecule has 3 aromatic carbocycles. The molecule has 40 heavy (non-hydrogen) atoms. The Morgan fingerprint density at radius 2 is 1.62 bits per heavy atom. The molecule has 0 radical (unpaired) electrons. The molecule has 0 unspecified atom stereocenters. The van der Waals surface area contributed by atoms with Crippen molar-refractivity contribution >= 4 is 27.6 Å². The first-order chi connectivity index (χ1) is 19.1. The lowest BCUT2D eigenvalue weighted by molar-refractivity contribution is -0.118. The molecule has 4 rings (SSSR count). The highest BCUT2D eigenvalue weighted by molar-refractivity contribution is 7.89. The summed E-state index contributed by atoms with van der Waals surface area (Å²) in [5.74, 6) is -1.87. The number of anilines is 1. The Morgan fingerprint density at radius 3 is 2.20 bits per heavy atom. The van der Waals surface area contributed by atoms with Gasteiger partial charge < -0.3 is 15.1 Å². The number of rotatable bonds is 9. The van der Waals surface area contributed by atoms with Crippen molar-refractivity contribution < 1.29 is 28.2 Å². The van der Waals surface area contributed by atoms with Crippen LogP contribution in [-0.4, -0.2) is 48.4 Å². The van der Waals surface area contributed by atoms with Gasteiger partial charge in [0.15, 0.2) is 0 Å². The fraction of sp³-hybridized carbons (Fsp3) is 0.300. The molecule has 1 aliphatic carbocycles. The van der Waals surface area contributed by atoms with Gasteiger partial charge in [0.2, 0.25) is 15.9 Å². The maximum atomic E-state index is 13.6. The molecule has 3 aromatic rings. The van der Waals surface area contributed by atoms with Gasteiger partial charge in [-0.2, -0.15) is 9.57 Å². The van der Waals surface area contributed by atoms with Crippen LogP contribution in [0.5, 0.6) is 5.75 Å². The van der Waals surface area contributed by atoms with Gasteiger partial charge >= 0.3 is 5.97 Å². The van der Waals surface area contributed by atoms with E-state index in [0.717, 1.165) is 22.7 Å². The maximum Gasteiger partial charge on any atom is 0.339 e. The molecule has 0 heterocycles. The molecule has 1 amide bonds. The van der Waals surface area contributed by atoms with Crippen molar-refractivity contribution in [3.8, 4) is 11.8 Å². The van der Waals surface area contributed by atoms with Gasteiger partial charge in [-0.1, -0.05) is 43.5 Å². The molecule has 0 bridgehead atoms. The minimum Gasteiger partial charge on any atom is -0.507 e. The number of carbonyl (C=O) groups is 2. The van der Waals surface area contributed by atoms with Crippen LogP contribution < -0.4 is 4.90 Å². The van der Waals surface area contributed by atoms with E-state index in [-0.39, 0.29) is 22.7 Å². The lowest BCUT2D eigenvalue weighted by atomic mass is 9.84. The highest BCUT2D eigenvalue weighted by Gasteiger charge is 2.27. The minimum absolute atomic E-state index is 0.0601. The predicted molar refractivity (Wildman–Crippen MR) is 149 cm³/mol. The number of aromatic carboxylic acids is 1. The van der Waals surface area contributed by atoms with E-state index in [1.807, 2.05) is 18.2 Å². The number of likely N-dealkylation sites (N-methyl/N-ethyl adjacent to an activating group) is 1. The Morgan fingerprint density at radius 1 is 0.975 bits per heavy atom. The zero-order chi connectivity index (χ0) is 28.9. The van der Waals surface area contributed by atoms with Gasteiger partial charge in [-0.3, -0.25) is 4.79 Å². The van der Waals surface area contributed by atoms with Crippen molar-refractivity contribution in [2.75, 3.05) is 18.5 Å². The number of amides is 1. The molecule has 0 saturated heterocycles. The van der Waals surface area contributed by atoms with Gasteiger partial charge in [-0.05, 0) is 66.3 Å². The summed E-state index contributed by atoms with van der Waals surface area (Å²) < 4.78 is 27.1. The van der Waals surface area contributed by atoms with Crippen molar-refractivity contribution in [1.29, 1.82) is 5.26 Å². The normalized spacial score (nSPS) is 14.0. The van der Waals surface area contributed by atoms with Crippen LogP contribution in [0.25, 0.3) is 0 Å². The van der Waals surface area contributed by atoms with Gasteiger partial charge in [0.05, 0.1) is 29.6 Å². The fourth-order valence-corrected chi connectivity index (χ4v) is 6.07. The van der Waals surface area contributed by atoms with Crippen molar-refractivity contribution in [1.82, 2.24) is 4.31 Å². The standard InChI is InChI=1S/C30H31N3O6S/c1-32(40(38,39)26-14-9-21(18-31)10-15-26)20-29(35)33(25-13-16-27(30(36)37)28(34)17-25)19-22-7-11-24(12-8-22)23-5-3-2-4-6-23/h7-17,23,34H,2-6,19-20H2,1H3,(H,36,37). The molecule has 0 aliphatic heterocycles. The number of aromatic hydroxyl groups is 1. The summed E-state index contributed by atoms with van der Waals surface area (Å²) in [6, 6.07) is 19.1. The molecule has 0 spiro atoms. The van der Waals surface area contributed by atoms with Crippen molar-refractivity contribution in [3.05, 3.63) is 89.0 Å². The topological polar surface area (TPSA) is 139 Å². The van der Waals surface area contributed by atoms with E-state index in [4.69, 9.17) is 5.26 Å². The highest BCUT2D eigenvalue weighted by atomic mass is 32.2. The van der Waals surface area contributed by atoms with Crippen molar-refractivity contribution in [3.63, 3.8) is 0 Å². The van der Waals surface area contributed by atoms with Gasteiger partial charge in [0, 0.05) is 18.8 Å². The van der Waals surface area contributed by atoms with Crippen LogP contribution in [-0.2, 0) is 21.4 Å². The third-order valence-corrected chi connectivity index (χ3v) is 9.09. The summed E-state index contributed by atoms with van der Waals surface area (Å²) in [5.41, 5.74) is 2.27. The van der Waals surface area contributed by atoms with Crippen LogP contribution in [0.15, 0.2) is 71.6 Å². The number of nitrogens with zero attached hydrogens (tertiary/aromatic N) is 3. The first-order valence-electron chi connectivity index (χ1n) is 13.0. The molecule has 9 nitrogen and oxygen atoms in total. The first kappa shape index (κ1) is 28.8. The first-order valence-corrected chi connectivity index (χ1v) is 14.5. The van der Waals surface area contributed by atoms with E-state index in [1.54, 1.807) is 0 Å². The molecule has 1 fully saturated rings. The third-order valence-electron chi connectivity index (χ3n) is 7.27. The van der Waals surface area contributed by atoms with Crippen LogP contribution in [0.4, 0.5) is 5.69 Å². The fourth-order valence-electron chi connectivity index (χ4n) is 4.95. The molecule has 0 aromatic heterocycles. The van der Waals surface area contributed by atoms with Crippen LogP contribution in [0.3, 0.4) is 0 Å². The summed E-state index contributed by atoms with van der Waals surface area (Å²) in [4.78, 5) is 26.2. The summed E-state index contributed by atoms with van der Waals surface area (Å²) in [6.07, 6.45) is 5.99. The zero-order valence-corrected chi connectivity index (χ0v) is 23.0. The average Bonchev–Trinajstić information content (AvgIpc) is 2.96. The highest BCUT2D eigenvalue weighted by Crippen LogP contribution is 2.33. The number of sulfonamides is 1. The third kappa shape index (κ3) is 6.50. The zero-order valence-electron chi connectivity index (χ0n) is 22.2. The molecule has 0 atom stereocenters. The number of carbonyl (C=O) groups excluding carboxylic acids is 1. The van der Waals surface area contributed by atoms with Gasteiger partial charge in [0.1, 0.15) is 11.3 Å². The van der Waals surface area contributed by atoms with E-state index in [1.165, 1.54) is 79.2 Å². The van der Waals surface area contributed by atoms with Gasteiger partial charge in [0.25, 0.3) is 0 Å². The largest absolute Gasteiger partial charge is 0.507 e. The Labute approximate surface area is 234 Å². The smallest absolute Gasteiger partial charge is 0.339 e. The second-order valence-corrected chi connectivity index (χ2v) is 12.0. The molecule has 1 saturated carbocycles. The average molecular weight is 562 g/mol. The van der Waals surface area contributed by atoms with E-state index >= 15 is 0 Å². The molecule has 10 heteroatoms. The lowest BCUT2D eigenvalue weighted by Gasteiger charge is -2.27. The number of hydrogen-bond acceptors (Lipinski definition) is 6. The number of carboxylic acids is 1. The second-order valence-electron chi connectivity index (χ2n) is 9.96. The lowest BCUT2D eigenvalue weighted by Crippen LogP contribution is -2.41. The molecular weight excluding hydrogens is 530 g/mol. The van der Waals surface area contributed by atoms with E-state index in [2.05, 4.69) is 12.1 Å². The Hall–Kier alpha value is -4.20. The minimum atomic E-state index is -4.04. The Kier molecular flexibility index (Phi) is 8.87. The van der Waals surface area contributed by atoms with Gasteiger partial charge in [-0.25, -0.2) is 13.2 Å². The number of hydrogen-bond donors (Lipinski definition) is 2. The monoisotopic (exact) mass is 561 g/mol. The quantitative estimate of drug-likeness (QED) is 0.380.